The number of H-pyrrole nitrogens is 1. The van der Waals surface area contributed by atoms with Crippen LogP contribution < -0.4 is 10.1 Å². The average molecular weight is 480 g/mol. The predicted molar refractivity (Wildman–Crippen MR) is 138 cm³/mol. The smallest absolute Gasteiger partial charge is 0.251 e. The van der Waals surface area contributed by atoms with Crippen LogP contribution in [0.25, 0.3) is 33.5 Å². The lowest BCUT2D eigenvalue weighted by molar-refractivity contribution is 0.0954. The van der Waals surface area contributed by atoms with Crippen LogP contribution in [0.2, 0.25) is 0 Å². The predicted octanol–water partition coefficient (Wildman–Crippen LogP) is 4.68. The highest BCUT2D eigenvalue weighted by Crippen LogP contribution is 2.35. The number of amides is 1. The van der Waals surface area contributed by atoms with Crippen LogP contribution in [-0.4, -0.2) is 44.6 Å². The van der Waals surface area contributed by atoms with E-state index in [9.17, 15) is 9.90 Å². The first-order chi connectivity index (χ1) is 17.5. The molecular weight excluding hydrogens is 454 g/mol. The molecular formula is C28H25N5O3. The van der Waals surface area contributed by atoms with E-state index in [4.69, 9.17) is 4.74 Å². The van der Waals surface area contributed by atoms with Crippen molar-refractivity contribution >= 4 is 16.9 Å². The summed E-state index contributed by atoms with van der Waals surface area (Å²) in [6.45, 7) is 2.43. The van der Waals surface area contributed by atoms with Crippen molar-refractivity contribution in [2.24, 2.45) is 0 Å². The minimum absolute atomic E-state index is 0.0865. The maximum atomic E-state index is 12.7. The summed E-state index contributed by atoms with van der Waals surface area (Å²) < 4.78 is 5.38. The summed E-state index contributed by atoms with van der Waals surface area (Å²) in [4.78, 5) is 29.3. The minimum Gasteiger partial charge on any atom is -0.507 e. The normalized spacial score (nSPS) is 10.9. The van der Waals surface area contributed by atoms with Gasteiger partial charge in [-0.25, -0.2) is 9.97 Å². The molecule has 36 heavy (non-hydrogen) atoms. The van der Waals surface area contributed by atoms with Crippen molar-refractivity contribution in [1.29, 1.82) is 0 Å². The number of aryl methyl sites for hydroxylation is 1. The second kappa shape index (κ2) is 9.87. The quantitative estimate of drug-likeness (QED) is 0.312. The van der Waals surface area contributed by atoms with Gasteiger partial charge in [0.1, 0.15) is 11.6 Å². The Balaban J connectivity index is 1.37. The molecule has 3 N–H and O–H groups in total. The number of benzene rings is 2. The van der Waals surface area contributed by atoms with Gasteiger partial charge in [-0.1, -0.05) is 12.1 Å². The summed E-state index contributed by atoms with van der Waals surface area (Å²) in [5, 5.41) is 13.5. The van der Waals surface area contributed by atoms with Gasteiger partial charge in [-0.15, -0.1) is 0 Å². The number of aromatic nitrogens is 4. The number of hydrogen-bond acceptors (Lipinski definition) is 6. The van der Waals surface area contributed by atoms with E-state index in [-0.39, 0.29) is 11.7 Å². The summed E-state index contributed by atoms with van der Waals surface area (Å²) in [6.07, 6.45) is 2.32. The van der Waals surface area contributed by atoms with Gasteiger partial charge in [0.15, 0.2) is 0 Å². The van der Waals surface area contributed by atoms with Crippen LogP contribution in [0, 0.1) is 6.92 Å². The third kappa shape index (κ3) is 4.74. The molecule has 8 heteroatoms. The molecule has 1 amide bonds. The van der Waals surface area contributed by atoms with E-state index in [0.717, 1.165) is 22.5 Å². The third-order valence-corrected chi connectivity index (χ3v) is 5.88. The Morgan fingerprint density at radius 2 is 1.92 bits per heavy atom. The SMILES string of the molecule is COc1ncccc1-c1ccc(O)c(-c2nc3ccc(C(=O)NCCc4cccc(C)n4)cc3[nH]2)c1. The second-order valence-electron chi connectivity index (χ2n) is 8.39. The molecule has 8 nitrogen and oxygen atoms in total. The summed E-state index contributed by atoms with van der Waals surface area (Å²) in [5.41, 5.74) is 5.97. The molecule has 2 aromatic carbocycles. The van der Waals surface area contributed by atoms with Gasteiger partial charge in [0.05, 0.1) is 23.7 Å². The Morgan fingerprint density at radius 3 is 2.75 bits per heavy atom. The fraction of sp³-hybridized carbons (Fsp3) is 0.143. The number of pyridine rings is 2. The standard InChI is InChI=1S/C28H25N5O3/c1-17-5-3-6-20(31-17)12-14-29-27(35)19-8-10-23-24(16-19)33-26(32-23)22-15-18(9-11-25(22)34)21-7-4-13-30-28(21)36-2/h3-11,13,15-16,34H,12,14H2,1-2H3,(H,29,35)(H,32,33). The zero-order valence-corrected chi connectivity index (χ0v) is 19.9. The van der Waals surface area contributed by atoms with Gasteiger partial charge in [-0.3, -0.25) is 9.78 Å². The van der Waals surface area contributed by atoms with Gasteiger partial charge in [-0.05, 0) is 67.1 Å². The number of rotatable bonds is 7. The molecule has 0 radical (unpaired) electrons. The molecule has 0 unspecified atom stereocenters. The number of nitrogens with one attached hydrogen (secondary N) is 2. The number of ether oxygens (including phenoxy) is 1. The van der Waals surface area contributed by atoms with Crippen LogP contribution in [0.5, 0.6) is 11.6 Å². The lowest BCUT2D eigenvalue weighted by atomic mass is 10.0. The average Bonchev–Trinajstić information content (AvgIpc) is 3.32. The van der Waals surface area contributed by atoms with Gasteiger partial charge in [0, 0.05) is 41.7 Å². The number of phenolic OH excluding ortho intramolecular Hbond substituents is 1. The van der Waals surface area contributed by atoms with E-state index in [1.165, 1.54) is 0 Å². The summed E-state index contributed by atoms with van der Waals surface area (Å²) in [7, 11) is 1.57. The van der Waals surface area contributed by atoms with E-state index in [1.807, 2.05) is 43.3 Å². The number of hydrogen-bond donors (Lipinski definition) is 3. The van der Waals surface area contributed by atoms with E-state index in [2.05, 4.69) is 25.3 Å². The molecule has 3 aromatic heterocycles. The number of methoxy groups -OCH3 is 1. The number of carbonyl (C=O) groups is 1. The van der Waals surface area contributed by atoms with E-state index < -0.39 is 0 Å². The number of carbonyl (C=O) groups excluding carboxylic acids is 1. The van der Waals surface area contributed by atoms with Crippen molar-refractivity contribution in [1.82, 2.24) is 25.3 Å². The summed E-state index contributed by atoms with van der Waals surface area (Å²) in [5.74, 6) is 0.903. The molecule has 0 saturated heterocycles. The first-order valence-electron chi connectivity index (χ1n) is 11.5. The zero-order valence-electron chi connectivity index (χ0n) is 19.9. The largest absolute Gasteiger partial charge is 0.507 e. The Hall–Kier alpha value is -4.72. The van der Waals surface area contributed by atoms with Crippen LogP contribution in [0.4, 0.5) is 0 Å². The fourth-order valence-electron chi connectivity index (χ4n) is 4.09. The maximum Gasteiger partial charge on any atom is 0.251 e. The van der Waals surface area contributed by atoms with Gasteiger partial charge >= 0.3 is 0 Å². The molecule has 0 spiro atoms. The number of aromatic hydroxyl groups is 1. The summed E-state index contributed by atoms with van der Waals surface area (Å²) >= 11 is 0. The second-order valence-corrected chi connectivity index (χ2v) is 8.39. The van der Waals surface area contributed by atoms with Crippen molar-refractivity contribution in [3.8, 4) is 34.1 Å². The van der Waals surface area contributed by atoms with Crippen molar-refractivity contribution in [2.45, 2.75) is 13.3 Å². The molecule has 0 atom stereocenters. The molecule has 0 aliphatic heterocycles. The molecule has 5 rings (SSSR count). The fourth-order valence-corrected chi connectivity index (χ4v) is 4.09. The van der Waals surface area contributed by atoms with Crippen molar-refractivity contribution in [3.05, 3.63) is 89.9 Å². The third-order valence-electron chi connectivity index (χ3n) is 5.88. The Morgan fingerprint density at radius 1 is 1.03 bits per heavy atom. The molecule has 0 aliphatic carbocycles. The molecule has 3 heterocycles. The lowest BCUT2D eigenvalue weighted by Gasteiger charge is -2.09. The first-order valence-corrected chi connectivity index (χ1v) is 11.5. The minimum atomic E-state index is -0.172. The Bertz CT molecular complexity index is 1560. The van der Waals surface area contributed by atoms with Crippen LogP contribution in [-0.2, 0) is 6.42 Å². The highest BCUT2D eigenvalue weighted by atomic mass is 16.5. The van der Waals surface area contributed by atoms with Gasteiger partial charge in [0.2, 0.25) is 5.88 Å². The first kappa shape index (κ1) is 23.0. The number of phenols is 1. The van der Waals surface area contributed by atoms with Gasteiger partial charge < -0.3 is 20.1 Å². The van der Waals surface area contributed by atoms with Crippen LogP contribution in [0.15, 0.2) is 72.9 Å². The lowest BCUT2D eigenvalue weighted by Crippen LogP contribution is -2.25. The monoisotopic (exact) mass is 479 g/mol. The molecule has 0 fully saturated rings. The van der Waals surface area contributed by atoms with Gasteiger partial charge in [-0.2, -0.15) is 0 Å². The molecule has 0 bridgehead atoms. The van der Waals surface area contributed by atoms with Crippen LogP contribution in [0.1, 0.15) is 21.7 Å². The van der Waals surface area contributed by atoms with E-state index >= 15 is 0 Å². The number of aromatic amines is 1. The highest BCUT2D eigenvalue weighted by molar-refractivity contribution is 5.97. The summed E-state index contributed by atoms with van der Waals surface area (Å²) in [6, 6.07) is 20.1. The highest BCUT2D eigenvalue weighted by Gasteiger charge is 2.15. The topological polar surface area (TPSA) is 113 Å². The van der Waals surface area contributed by atoms with Crippen LogP contribution in [0.3, 0.4) is 0 Å². The Labute approximate surface area is 208 Å². The Kier molecular flexibility index (Phi) is 6.32. The number of fused-ring (bicyclic) bond motifs is 1. The van der Waals surface area contributed by atoms with Crippen molar-refractivity contribution in [3.63, 3.8) is 0 Å². The maximum absolute atomic E-state index is 12.7. The van der Waals surface area contributed by atoms with E-state index in [0.29, 0.717) is 46.8 Å². The van der Waals surface area contributed by atoms with Gasteiger partial charge in [0.25, 0.3) is 5.91 Å². The molecule has 0 saturated carbocycles. The van der Waals surface area contributed by atoms with Crippen molar-refractivity contribution in [2.75, 3.05) is 13.7 Å². The zero-order chi connectivity index (χ0) is 25.1. The molecule has 5 aromatic rings. The molecule has 180 valence electrons. The van der Waals surface area contributed by atoms with E-state index in [1.54, 1.807) is 43.6 Å². The van der Waals surface area contributed by atoms with Crippen LogP contribution >= 0.6 is 0 Å². The van der Waals surface area contributed by atoms with Crippen molar-refractivity contribution < 1.29 is 14.6 Å². The molecule has 0 aliphatic rings. The number of nitrogens with zero attached hydrogens (tertiary/aromatic N) is 3. The number of imidazole rings is 1.